The number of esters is 1. The van der Waals surface area contributed by atoms with Crippen molar-refractivity contribution in [2.24, 2.45) is 40.4 Å². The Morgan fingerprint density at radius 1 is 0.861 bits per heavy atom. The number of likely N-dealkylation sites (N-methyl/N-ethyl adjacent to an activating group) is 1. The van der Waals surface area contributed by atoms with Crippen molar-refractivity contribution in [2.75, 3.05) is 21.1 Å². The Labute approximate surface area is 220 Å². The predicted octanol–water partition coefficient (Wildman–Crippen LogP) is 5.93. The molecular formula is C31H52N2O3. The second-order valence-electron chi connectivity index (χ2n) is 13.8. The highest BCUT2D eigenvalue weighted by molar-refractivity contribution is 5.88. The normalized spacial score (nSPS) is 42.6. The van der Waals surface area contributed by atoms with E-state index in [0.29, 0.717) is 23.3 Å². The lowest BCUT2D eigenvalue weighted by Crippen LogP contribution is -2.62. The second kappa shape index (κ2) is 10.1. The van der Waals surface area contributed by atoms with E-state index in [1.807, 2.05) is 25.8 Å². The molecule has 4 aliphatic rings. The van der Waals surface area contributed by atoms with Crippen LogP contribution in [-0.2, 0) is 14.3 Å². The smallest absolute Gasteiger partial charge is 0.302 e. The van der Waals surface area contributed by atoms with Gasteiger partial charge in [0.05, 0.1) is 6.04 Å². The Morgan fingerprint density at radius 2 is 1.47 bits per heavy atom. The van der Waals surface area contributed by atoms with Crippen molar-refractivity contribution in [3.8, 4) is 0 Å². The number of hydrogen-bond acceptors (Lipinski definition) is 4. The summed E-state index contributed by atoms with van der Waals surface area (Å²) in [5.74, 6) is 3.20. The van der Waals surface area contributed by atoms with E-state index in [4.69, 9.17) is 4.74 Å². The van der Waals surface area contributed by atoms with Gasteiger partial charge in [0.15, 0.2) is 0 Å². The third-order valence-corrected chi connectivity index (χ3v) is 11.7. The SMILES string of the molecule is CC(=O)OC1C(N(C)C(=O)C=C(C)C)CCC2(C)C3CCC4(C)C(CCC4C(C)N(C)C)C3CCC12. The lowest BCUT2D eigenvalue weighted by molar-refractivity contribution is -0.188. The third-order valence-electron chi connectivity index (χ3n) is 11.7. The molecule has 0 aromatic rings. The molecule has 10 unspecified atom stereocenters. The minimum Gasteiger partial charge on any atom is -0.460 e. The van der Waals surface area contributed by atoms with Crippen molar-refractivity contribution < 1.29 is 14.3 Å². The first-order chi connectivity index (χ1) is 16.8. The Hall–Kier alpha value is -1.36. The van der Waals surface area contributed by atoms with Crippen molar-refractivity contribution >= 4 is 11.9 Å². The van der Waals surface area contributed by atoms with Crippen molar-refractivity contribution in [1.29, 1.82) is 0 Å². The van der Waals surface area contributed by atoms with Crippen LogP contribution in [0.4, 0.5) is 0 Å². The fraction of sp³-hybridized carbons (Fsp3) is 0.871. The molecule has 36 heavy (non-hydrogen) atoms. The van der Waals surface area contributed by atoms with Crippen LogP contribution in [0.15, 0.2) is 11.6 Å². The van der Waals surface area contributed by atoms with Crippen molar-refractivity contribution in [3.63, 3.8) is 0 Å². The maximum atomic E-state index is 13.0. The summed E-state index contributed by atoms with van der Waals surface area (Å²) >= 11 is 0. The zero-order valence-corrected chi connectivity index (χ0v) is 24.5. The average Bonchev–Trinajstić information content (AvgIpc) is 3.14. The van der Waals surface area contributed by atoms with E-state index < -0.39 is 0 Å². The molecule has 4 fully saturated rings. The molecule has 0 aromatic carbocycles. The first-order valence-electron chi connectivity index (χ1n) is 14.6. The Bertz CT molecular complexity index is 879. The van der Waals surface area contributed by atoms with Gasteiger partial charge in [0, 0.05) is 32.0 Å². The van der Waals surface area contributed by atoms with Gasteiger partial charge in [0.25, 0.3) is 0 Å². The first kappa shape index (κ1) is 27.7. The molecule has 0 bridgehead atoms. The van der Waals surface area contributed by atoms with Crippen LogP contribution in [-0.4, -0.2) is 61.0 Å². The van der Waals surface area contributed by atoms with E-state index >= 15 is 0 Å². The summed E-state index contributed by atoms with van der Waals surface area (Å²) in [5.41, 5.74) is 1.62. The summed E-state index contributed by atoms with van der Waals surface area (Å²) in [5, 5.41) is 0. The average molecular weight is 501 g/mol. The summed E-state index contributed by atoms with van der Waals surface area (Å²) in [7, 11) is 6.38. The molecule has 10 atom stereocenters. The van der Waals surface area contributed by atoms with Gasteiger partial charge < -0.3 is 14.5 Å². The predicted molar refractivity (Wildman–Crippen MR) is 145 cm³/mol. The van der Waals surface area contributed by atoms with Gasteiger partial charge in [-0.2, -0.15) is 0 Å². The number of carbonyl (C=O) groups is 2. The summed E-state index contributed by atoms with van der Waals surface area (Å²) in [6, 6.07) is 0.582. The highest BCUT2D eigenvalue weighted by Gasteiger charge is 2.63. The first-order valence-corrected chi connectivity index (χ1v) is 14.6. The van der Waals surface area contributed by atoms with Crippen LogP contribution < -0.4 is 0 Å². The largest absolute Gasteiger partial charge is 0.460 e. The monoisotopic (exact) mass is 500 g/mol. The standard InChI is InChI=1S/C31H52N2O3/c1-19(2)18-28(35)33(9)27-15-17-31(6)25-14-16-30(5)23(20(3)32(7)8)12-13-24(30)22(25)10-11-26(31)29(27)36-21(4)34/h18,20,22-27,29H,10-17H2,1-9H3. The molecule has 1 amide bonds. The number of fused-ring (bicyclic) bond motifs is 5. The molecular weight excluding hydrogens is 448 g/mol. The Morgan fingerprint density at radius 3 is 2.08 bits per heavy atom. The van der Waals surface area contributed by atoms with Gasteiger partial charge >= 0.3 is 5.97 Å². The molecule has 0 spiro atoms. The van der Waals surface area contributed by atoms with E-state index in [0.717, 1.165) is 42.6 Å². The van der Waals surface area contributed by atoms with Gasteiger partial charge in [-0.05, 0) is 121 Å². The minimum absolute atomic E-state index is 0.0230. The van der Waals surface area contributed by atoms with Crippen LogP contribution in [0.1, 0.15) is 92.9 Å². The molecule has 0 heterocycles. The van der Waals surface area contributed by atoms with E-state index in [2.05, 4.69) is 39.8 Å². The van der Waals surface area contributed by atoms with Crippen LogP contribution in [0.25, 0.3) is 0 Å². The second-order valence-corrected chi connectivity index (χ2v) is 13.8. The van der Waals surface area contributed by atoms with Crippen LogP contribution in [0.5, 0.6) is 0 Å². The fourth-order valence-corrected chi connectivity index (χ4v) is 9.76. The molecule has 0 saturated heterocycles. The molecule has 0 aliphatic heterocycles. The van der Waals surface area contributed by atoms with E-state index in [9.17, 15) is 9.59 Å². The number of nitrogens with zero attached hydrogens (tertiary/aromatic N) is 2. The summed E-state index contributed by atoms with van der Waals surface area (Å²) in [4.78, 5) is 29.5. The highest BCUT2D eigenvalue weighted by atomic mass is 16.5. The minimum atomic E-state index is -0.216. The van der Waals surface area contributed by atoms with Crippen LogP contribution in [0.2, 0.25) is 0 Å². The zero-order valence-electron chi connectivity index (χ0n) is 24.5. The Balaban J connectivity index is 1.60. The molecule has 0 aromatic heterocycles. The molecule has 0 radical (unpaired) electrons. The number of hydrogen-bond donors (Lipinski definition) is 0. The number of amides is 1. The molecule has 0 N–H and O–H groups in total. The summed E-state index contributed by atoms with van der Waals surface area (Å²) in [6.45, 7) is 13.0. The Kier molecular flexibility index (Phi) is 7.74. The van der Waals surface area contributed by atoms with Crippen LogP contribution >= 0.6 is 0 Å². The fourth-order valence-electron chi connectivity index (χ4n) is 9.76. The number of allylic oxidation sites excluding steroid dienone is 1. The van der Waals surface area contributed by atoms with Gasteiger partial charge in [0.1, 0.15) is 6.10 Å². The van der Waals surface area contributed by atoms with Crippen LogP contribution in [0, 0.1) is 40.4 Å². The molecule has 4 aliphatic carbocycles. The number of carbonyl (C=O) groups excluding carboxylic acids is 2. The number of rotatable bonds is 5. The van der Waals surface area contributed by atoms with Gasteiger partial charge in [-0.25, -0.2) is 0 Å². The molecule has 4 saturated carbocycles. The zero-order chi connectivity index (χ0) is 26.6. The highest BCUT2D eigenvalue weighted by Crippen LogP contribution is 2.68. The lowest BCUT2D eigenvalue weighted by Gasteiger charge is -2.63. The maximum absolute atomic E-state index is 13.0. The molecule has 204 valence electrons. The van der Waals surface area contributed by atoms with Gasteiger partial charge in [-0.15, -0.1) is 0 Å². The van der Waals surface area contributed by atoms with E-state index in [1.54, 1.807) is 6.08 Å². The summed E-state index contributed by atoms with van der Waals surface area (Å²) < 4.78 is 6.12. The third kappa shape index (κ3) is 4.56. The van der Waals surface area contributed by atoms with E-state index in [-0.39, 0.29) is 29.4 Å². The van der Waals surface area contributed by atoms with Crippen molar-refractivity contribution in [2.45, 2.75) is 111 Å². The molecule has 5 heteroatoms. The summed E-state index contributed by atoms with van der Waals surface area (Å²) in [6.07, 6.45) is 11.2. The van der Waals surface area contributed by atoms with Crippen molar-refractivity contribution in [1.82, 2.24) is 9.80 Å². The van der Waals surface area contributed by atoms with Gasteiger partial charge in [-0.1, -0.05) is 19.4 Å². The van der Waals surface area contributed by atoms with Gasteiger partial charge in [-0.3, -0.25) is 9.59 Å². The molecule has 5 nitrogen and oxygen atoms in total. The maximum Gasteiger partial charge on any atom is 0.302 e. The topological polar surface area (TPSA) is 49.9 Å². The van der Waals surface area contributed by atoms with Crippen molar-refractivity contribution in [3.05, 3.63) is 11.6 Å². The lowest BCUT2D eigenvalue weighted by atomic mass is 9.44. The van der Waals surface area contributed by atoms with E-state index in [1.165, 1.54) is 39.0 Å². The number of ether oxygens (including phenoxy) is 1. The quantitative estimate of drug-likeness (QED) is 0.347. The molecule has 4 rings (SSSR count). The van der Waals surface area contributed by atoms with Gasteiger partial charge in [0.2, 0.25) is 5.91 Å². The van der Waals surface area contributed by atoms with Crippen LogP contribution in [0.3, 0.4) is 0 Å².